The Hall–Kier alpha value is -4.09. The number of Topliss-reactive ketones (excluding diaryl/α,β-unsaturated/α-hetero) is 1. The number of esters is 1. The molecular formula is C24H24F2N4O6. The molecule has 36 heavy (non-hydrogen) atoms. The second-order valence-corrected chi connectivity index (χ2v) is 8.20. The van der Waals surface area contributed by atoms with Crippen LogP contribution in [0.2, 0.25) is 0 Å². The lowest BCUT2D eigenvalue weighted by atomic mass is 9.87. The monoisotopic (exact) mass is 502 g/mol. The summed E-state index contributed by atoms with van der Waals surface area (Å²) in [6.45, 7) is 0. The van der Waals surface area contributed by atoms with Crippen LogP contribution in [0.4, 0.5) is 20.5 Å². The lowest BCUT2D eigenvalue weighted by molar-refractivity contribution is -0.147. The van der Waals surface area contributed by atoms with Gasteiger partial charge in [0.1, 0.15) is 6.10 Å². The molecule has 0 amide bonds. The predicted molar refractivity (Wildman–Crippen MR) is 121 cm³/mol. The number of methoxy groups -OCH3 is 2. The number of rotatable bonds is 9. The van der Waals surface area contributed by atoms with E-state index in [4.69, 9.17) is 18.6 Å². The van der Waals surface area contributed by atoms with Gasteiger partial charge >= 0.3 is 12.0 Å². The smallest absolute Gasteiger partial charge is 0.320 e. The van der Waals surface area contributed by atoms with E-state index in [-0.39, 0.29) is 47.9 Å². The minimum Gasteiger partial charge on any atom is -0.481 e. The summed E-state index contributed by atoms with van der Waals surface area (Å²) >= 11 is 0. The van der Waals surface area contributed by atoms with Crippen molar-refractivity contribution < 1.29 is 37.0 Å². The van der Waals surface area contributed by atoms with Crippen LogP contribution in [0, 0.1) is 17.6 Å². The van der Waals surface area contributed by atoms with Crippen LogP contribution in [0.15, 0.2) is 34.7 Å². The Bertz CT molecular complexity index is 1240. The molecule has 0 unspecified atom stereocenters. The maximum absolute atomic E-state index is 13.4. The van der Waals surface area contributed by atoms with Gasteiger partial charge in [-0.3, -0.25) is 9.59 Å². The SMILES string of the molecule is COC(=O)C1CCC(Oc2ccc(CC(=O)c3nnc(Nc4ccc(F)c(F)c4)o3)c(OC)n2)CC1. The average molecular weight is 502 g/mol. The molecule has 190 valence electrons. The van der Waals surface area contributed by atoms with Gasteiger partial charge in [-0.05, 0) is 43.9 Å². The maximum Gasteiger partial charge on any atom is 0.320 e. The molecule has 2 heterocycles. The molecule has 0 radical (unpaired) electrons. The normalized spacial score (nSPS) is 17.3. The van der Waals surface area contributed by atoms with Gasteiger partial charge in [-0.25, -0.2) is 8.78 Å². The number of benzene rings is 1. The first kappa shape index (κ1) is 25.0. The molecule has 0 bridgehead atoms. The minimum atomic E-state index is -1.04. The zero-order chi connectivity index (χ0) is 25.7. The molecule has 1 fully saturated rings. The first-order valence-corrected chi connectivity index (χ1v) is 11.2. The quantitative estimate of drug-likeness (QED) is 0.339. The highest BCUT2D eigenvalue weighted by Crippen LogP contribution is 2.29. The van der Waals surface area contributed by atoms with Crippen molar-refractivity contribution in [2.75, 3.05) is 19.5 Å². The van der Waals surface area contributed by atoms with E-state index in [9.17, 15) is 18.4 Å². The summed E-state index contributed by atoms with van der Waals surface area (Å²) in [7, 11) is 2.82. The largest absolute Gasteiger partial charge is 0.481 e. The van der Waals surface area contributed by atoms with Crippen LogP contribution >= 0.6 is 0 Å². The van der Waals surface area contributed by atoms with Gasteiger partial charge in [-0.1, -0.05) is 5.10 Å². The van der Waals surface area contributed by atoms with Gasteiger partial charge in [-0.2, -0.15) is 4.98 Å². The molecule has 3 aromatic rings. The minimum absolute atomic E-state index is 0.0884. The van der Waals surface area contributed by atoms with Crippen LogP contribution in [0.1, 0.15) is 41.9 Å². The molecule has 10 nitrogen and oxygen atoms in total. The average Bonchev–Trinajstić information content (AvgIpc) is 3.35. The summed E-state index contributed by atoms with van der Waals surface area (Å²) in [6, 6.07) is 6.30. The van der Waals surface area contributed by atoms with Crippen molar-refractivity contribution in [1.82, 2.24) is 15.2 Å². The number of pyridine rings is 1. The highest BCUT2D eigenvalue weighted by molar-refractivity contribution is 5.93. The first-order valence-electron chi connectivity index (χ1n) is 11.2. The van der Waals surface area contributed by atoms with E-state index in [1.165, 1.54) is 20.3 Å². The van der Waals surface area contributed by atoms with E-state index in [2.05, 4.69) is 20.5 Å². The van der Waals surface area contributed by atoms with Crippen molar-refractivity contribution in [3.05, 3.63) is 53.4 Å². The molecule has 0 spiro atoms. The van der Waals surface area contributed by atoms with Gasteiger partial charge in [0.15, 0.2) is 11.6 Å². The standard InChI is InChI=1S/C24H24F2N4O6/c1-33-21-14(5-10-20(28-21)35-16-7-3-13(4-8-16)23(32)34-2)11-19(31)22-29-30-24(36-22)27-15-6-9-17(25)18(26)12-15/h5-6,9-10,12-13,16H,3-4,7-8,11H2,1-2H3,(H,27,30). The first-order chi connectivity index (χ1) is 17.4. The predicted octanol–water partition coefficient (Wildman–Crippen LogP) is 4.03. The number of hydrogen-bond donors (Lipinski definition) is 1. The number of ether oxygens (including phenoxy) is 3. The summed E-state index contributed by atoms with van der Waals surface area (Å²) in [5.41, 5.74) is 0.661. The lowest BCUT2D eigenvalue weighted by Crippen LogP contribution is -2.28. The van der Waals surface area contributed by atoms with Crippen LogP contribution in [0.3, 0.4) is 0 Å². The molecule has 4 rings (SSSR count). The van der Waals surface area contributed by atoms with Crippen molar-refractivity contribution >= 4 is 23.5 Å². The molecule has 0 saturated heterocycles. The molecule has 2 aromatic heterocycles. The second-order valence-electron chi connectivity index (χ2n) is 8.20. The van der Waals surface area contributed by atoms with Gasteiger partial charge in [0.25, 0.3) is 5.89 Å². The third kappa shape index (κ3) is 5.93. The number of hydrogen-bond acceptors (Lipinski definition) is 10. The molecule has 1 N–H and O–H groups in total. The molecule has 0 aliphatic heterocycles. The second kappa shape index (κ2) is 11.1. The Labute approximate surface area is 205 Å². The van der Waals surface area contributed by atoms with Gasteiger partial charge in [0.05, 0.1) is 20.1 Å². The van der Waals surface area contributed by atoms with Crippen LogP contribution in [-0.2, 0) is 16.0 Å². The Kier molecular flexibility index (Phi) is 7.71. The van der Waals surface area contributed by atoms with Crippen molar-refractivity contribution in [3.8, 4) is 11.8 Å². The van der Waals surface area contributed by atoms with Gasteiger partial charge in [0, 0.05) is 29.8 Å². The Morgan fingerprint density at radius 3 is 2.53 bits per heavy atom. The fourth-order valence-corrected chi connectivity index (χ4v) is 3.92. The summed E-state index contributed by atoms with van der Waals surface area (Å²) < 4.78 is 47.8. The molecule has 12 heteroatoms. The maximum atomic E-state index is 13.4. The highest BCUT2D eigenvalue weighted by atomic mass is 19.2. The van der Waals surface area contributed by atoms with E-state index in [1.54, 1.807) is 12.1 Å². The van der Waals surface area contributed by atoms with Crippen molar-refractivity contribution in [2.45, 2.75) is 38.2 Å². The molecule has 1 saturated carbocycles. The fourth-order valence-electron chi connectivity index (χ4n) is 3.92. The van der Waals surface area contributed by atoms with E-state index in [1.807, 2.05) is 0 Å². The lowest BCUT2D eigenvalue weighted by Gasteiger charge is -2.27. The topological polar surface area (TPSA) is 126 Å². The zero-order valence-electron chi connectivity index (χ0n) is 19.6. The summed E-state index contributed by atoms with van der Waals surface area (Å²) in [5.74, 6) is -2.55. The Morgan fingerprint density at radius 1 is 1.06 bits per heavy atom. The van der Waals surface area contributed by atoms with E-state index >= 15 is 0 Å². The number of nitrogens with zero attached hydrogens (tertiary/aromatic N) is 3. The third-order valence-corrected chi connectivity index (χ3v) is 5.79. The van der Waals surface area contributed by atoms with E-state index in [0.29, 0.717) is 37.1 Å². The Balaban J connectivity index is 1.36. The number of nitrogens with one attached hydrogen (secondary N) is 1. The number of aromatic nitrogens is 3. The van der Waals surface area contributed by atoms with E-state index in [0.717, 1.165) is 12.1 Å². The molecule has 0 atom stereocenters. The number of halogens is 2. The molecule has 1 aliphatic rings. The number of anilines is 2. The van der Waals surface area contributed by atoms with Crippen molar-refractivity contribution in [2.24, 2.45) is 5.92 Å². The highest BCUT2D eigenvalue weighted by Gasteiger charge is 2.28. The summed E-state index contributed by atoms with van der Waals surface area (Å²) in [4.78, 5) is 28.7. The van der Waals surface area contributed by atoms with Gasteiger partial charge in [-0.15, -0.1) is 5.10 Å². The molecular weight excluding hydrogens is 478 g/mol. The van der Waals surface area contributed by atoms with E-state index < -0.39 is 17.4 Å². The number of carbonyl (C=O) groups excluding carboxylic acids is 2. The Morgan fingerprint density at radius 2 is 1.83 bits per heavy atom. The van der Waals surface area contributed by atoms with Gasteiger partial charge in [0.2, 0.25) is 17.5 Å². The fraction of sp³-hybridized carbons (Fsp3) is 0.375. The number of carbonyl (C=O) groups is 2. The molecule has 1 aromatic carbocycles. The van der Waals surface area contributed by atoms with Gasteiger partial charge < -0.3 is 23.9 Å². The summed E-state index contributed by atoms with van der Waals surface area (Å²) in [5, 5.41) is 10.0. The van der Waals surface area contributed by atoms with Crippen LogP contribution in [-0.4, -0.2) is 47.3 Å². The van der Waals surface area contributed by atoms with Crippen molar-refractivity contribution in [1.29, 1.82) is 0 Å². The zero-order valence-corrected chi connectivity index (χ0v) is 19.6. The number of ketones is 1. The van der Waals surface area contributed by atoms with Crippen LogP contribution in [0.25, 0.3) is 0 Å². The third-order valence-electron chi connectivity index (χ3n) is 5.79. The summed E-state index contributed by atoms with van der Waals surface area (Å²) in [6.07, 6.45) is 2.53. The van der Waals surface area contributed by atoms with Crippen LogP contribution in [0.5, 0.6) is 11.8 Å². The van der Waals surface area contributed by atoms with Crippen molar-refractivity contribution in [3.63, 3.8) is 0 Å². The molecule has 1 aliphatic carbocycles. The van der Waals surface area contributed by atoms with Crippen LogP contribution < -0.4 is 14.8 Å².